The second-order valence-electron chi connectivity index (χ2n) is 6.20. The van der Waals surface area contributed by atoms with E-state index in [1.54, 1.807) is 0 Å². The van der Waals surface area contributed by atoms with Crippen LogP contribution >= 0.6 is 0 Å². The van der Waals surface area contributed by atoms with E-state index in [0.717, 1.165) is 29.5 Å². The van der Waals surface area contributed by atoms with Crippen molar-refractivity contribution in [3.63, 3.8) is 0 Å². The molecule has 0 amide bonds. The van der Waals surface area contributed by atoms with Crippen molar-refractivity contribution >= 4 is 20.8 Å². The smallest absolute Gasteiger partial charge is 0.264 e. The lowest BCUT2D eigenvalue weighted by Crippen LogP contribution is -2.25. The van der Waals surface area contributed by atoms with Crippen LogP contribution in [0.5, 0.6) is 0 Å². The predicted molar refractivity (Wildman–Crippen MR) is 90.1 cm³/mol. The fourth-order valence-corrected chi connectivity index (χ4v) is 4.66. The van der Waals surface area contributed by atoms with Crippen LogP contribution in [-0.2, 0) is 10.0 Å². The number of benzene rings is 1. The van der Waals surface area contributed by atoms with Gasteiger partial charge < -0.3 is 0 Å². The second-order valence-corrected chi connectivity index (χ2v) is 7.81. The van der Waals surface area contributed by atoms with Crippen LogP contribution in [-0.4, -0.2) is 20.3 Å². The van der Waals surface area contributed by atoms with Crippen molar-refractivity contribution in [3.8, 4) is 0 Å². The van der Waals surface area contributed by atoms with Crippen molar-refractivity contribution < 1.29 is 8.42 Å². The molecule has 0 spiro atoms. The number of aliphatic imine (C=N–C) groups is 1. The number of hydrogen-bond donors (Lipinski definition) is 1. The number of nitrogens with zero attached hydrogens (tertiary/aromatic N) is 1. The van der Waals surface area contributed by atoms with Crippen molar-refractivity contribution in [1.29, 1.82) is 0 Å². The van der Waals surface area contributed by atoms with Gasteiger partial charge in [0.25, 0.3) is 10.0 Å². The third-order valence-electron chi connectivity index (χ3n) is 4.40. The van der Waals surface area contributed by atoms with Gasteiger partial charge >= 0.3 is 0 Å². The molecule has 1 saturated carbocycles. The van der Waals surface area contributed by atoms with Gasteiger partial charge in [0, 0.05) is 5.57 Å². The van der Waals surface area contributed by atoms with E-state index < -0.39 is 10.0 Å². The quantitative estimate of drug-likeness (QED) is 0.908. The molecule has 1 aromatic rings. The predicted octanol–water partition coefficient (Wildman–Crippen LogP) is 3.39. The highest BCUT2D eigenvalue weighted by molar-refractivity contribution is 8.00. The molecule has 4 nitrogen and oxygen atoms in total. The van der Waals surface area contributed by atoms with Crippen molar-refractivity contribution in [2.24, 2.45) is 4.99 Å². The molecule has 0 radical (unpaired) electrons. The lowest BCUT2D eigenvalue weighted by Gasteiger charge is -2.18. The summed E-state index contributed by atoms with van der Waals surface area (Å²) in [6.07, 6.45) is 5.73. The van der Waals surface area contributed by atoms with Crippen LogP contribution in [0.1, 0.15) is 50.2 Å². The Kier molecular flexibility index (Phi) is 4.08. The first-order chi connectivity index (χ1) is 10.5. The van der Waals surface area contributed by atoms with Crippen LogP contribution < -0.4 is 4.72 Å². The molecule has 3 rings (SSSR count). The standard InChI is InChI=1S/C17H22N2O2S/c1-12-8-10-14(11-9-12)16-13(2)17(19-22(16,20)21)18-15-6-4-3-5-7-15/h8-11,15H,3-7H2,1-2H3,(H,18,19). The minimum absolute atomic E-state index is 0.249. The SMILES string of the molecule is CC1=C(c2ccc(C)cc2)S(=O)(=O)NC1=NC1CCCCC1. The molecule has 0 bridgehead atoms. The van der Waals surface area contributed by atoms with Crippen LogP contribution in [0, 0.1) is 6.92 Å². The maximum atomic E-state index is 12.5. The molecule has 118 valence electrons. The summed E-state index contributed by atoms with van der Waals surface area (Å²) in [6.45, 7) is 3.83. The maximum Gasteiger partial charge on any atom is 0.264 e. The molecule has 0 saturated heterocycles. The zero-order chi connectivity index (χ0) is 15.7. The molecule has 0 aromatic heterocycles. The highest BCUT2D eigenvalue weighted by atomic mass is 32.2. The lowest BCUT2D eigenvalue weighted by atomic mass is 9.96. The first-order valence-corrected chi connectivity index (χ1v) is 9.34. The Labute approximate surface area is 132 Å². The summed E-state index contributed by atoms with van der Waals surface area (Å²) in [5.74, 6) is 0.530. The second kappa shape index (κ2) is 5.88. The molecule has 5 heteroatoms. The van der Waals surface area contributed by atoms with Gasteiger partial charge in [-0.3, -0.25) is 9.71 Å². The molecule has 1 aliphatic carbocycles. The van der Waals surface area contributed by atoms with E-state index in [9.17, 15) is 8.42 Å². The van der Waals surface area contributed by atoms with E-state index in [-0.39, 0.29) is 6.04 Å². The highest BCUT2D eigenvalue weighted by Crippen LogP contribution is 2.31. The average molecular weight is 318 g/mol. The van der Waals surface area contributed by atoms with Gasteiger partial charge in [0.1, 0.15) is 10.7 Å². The van der Waals surface area contributed by atoms with Crippen molar-refractivity contribution in [2.45, 2.75) is 52.0 Å². The summed E-state index contributed by atoms with van der Waals surface area (Å²) in [5, 5.41) is 0. The van der Waals surface area contributed by atoms with Crippen molar-refractivity contribution in [2.75, 3.05) is 0 Å². The zero-order valence-corrected chi connectivity index (χ0v) is 13.9. The number of aryl methyl sites for hydroxylation is 1. The van der Waals surface area contributed by atoms with Crippen LogP contribution in [0.4, 0.5) is 0 Å². The summed E-state index contributed by atoms with van der Waals surface area (Å²) in [7, 11) is -3.50. The molecule has 1 heterocycles. The Bertz CT molecular complexity index is 724. The van der Waals surface area contributed by atoms with E-state index >= 15 is 0 Å². The molecular formula is C17H22N2O2S. The van der Waals surface area contributed by atoms with Gasteiger partial charge in [0.05, 0.1) is 6.04 Å². The Balaban J connectivity index is 1.99. The third-order valence-corrected chi connectivity index (χ3v) is 5.94. The van der Waals surface area contributed by atoms with Gasteiger partial charge in [0.15, 0.2) is 0 Å². The van der Waals surface area contributed by atoms with Gasteiger partial charge in [0.2, 0.25) is 0 Å². The third kappa shape index (κ3) is 2.95. The molecule has 1 aliphatic heterocycles. The highest BCUT2D eigenvalue weighted by Gasteiger charge is 2.33. The topological polar surface area (TPSA) is 58.5 Å². The van der Waals surface area contributed by atoms with Gasteiger partial charge in [-0.1, -0.05) is 49.1 Å². The lowest BCUT2D eigenvalue weighted by molar-refractivity contribution is 0.443. The van der Waals surface area contributed by atoms with E-state index in [4.69, 9.17) is 0 Å². The maximum absolute atomic E-state index is 12.5. The van der Waals surface area contributed by atoms with Crippen LogP contribution in [0.15, 0.2) is 34.8 Å². The van der Waals surface area contributed by atoms with Gasteiger partial charge in [-0.15, -0.1) is 0 Å². The number of rotatable bonds is 2. The van der Waals surface area contributed by atoms with E-state index in [2.05, 4.69) is 9.71 Å². The van der Waals surface area contributed by atoms with Gasteiger partial charge in [-0.05, 0) is 32.3 Å². The largest absolute Gasteiger partial charge is 0.264 e. The minimum atomic E-state index is -3.50. The van der Waals surface area contributed by atoms with Crippen LogP contribution in [0.2, 0.25) is 0 Å². The molecule has 1 fully saturated rings. The minimum Gasteiger partial charge on any atom is -0.264 e. The van der Waals surface area contributed by atoms with Gasteiger partial charge in [-0.25, -0.2) is 8.42 Å². The summed E-state index contributed by atoms with van der Waals surface area (Å²) < 4.78 is 27.6. The summed E-state index contributed by atoms with van der Waals surface area (Å²) in [4.78, 5) is 5.04. The number of hydrogen-bond acceptors (Lipinski definition) is 3. The Hall–Kier alpha value is -1.62. The van der Waals surface area contributed by atoms with Crippen LogP contribution in [0.3, 0.4) is 0 Å². The summed E-state index contributed by atoms with van der Waals surface area (Å²) >= 11 is 0. The molecule has 2 aliphatic rings. The molecule has 1 aromatic carbocycles. The Morgan fingerprint density at radius 3 is 2.32 bits per heavy atom. The van der Waals surface area contributed by atoms with E-state index in [1.165, 1.54) is 19.3 Å². The first kappa shape index (κ1) is 15.3. The number of sulfonamides is 1. The number of nitrogens with one attached hydrogen (secondary N) is 1. The van der Waals surface area contributed by atoms with E-state index in [0.29, 0.717) is 10.7 Å². The van der Waals surface area contributed by atoms with Gasteiger partial charge in [-0.2, -0.15) is 0 Å². The van der Waals surface area contributed by atoms with E-state index in [1.807, 2.05) is 38.1 Å². The molecule has 22 heavy (non-hydrogen) atoms. The molecule has 1 N–H and O–H groups in total. The summed E-state index contributed by atoms with van der Waals surface area (Å²) in [5.41, 5.74) is 2.57. The first-order valence-electron chi connectivity index (χ1n) is 7.86. The normalized spacial score (nSPS) is 23.8. The fourth-order valence-electron chi connectivity index (χ4n) is 3.16. The Morgan fingerprint density at radius 2 is 1.68 bits per heavy atom. The molecular weight excluding hydrogens is 296 g/mol. The molecule has 0 atom stereocenters. The van der Waals surface area contributed by atoms with Crippen molar-refractivity contribution in [3.05, 3.63) is 41.0 Å². The number of amidine groups is 1. The zero-order valence-electron chi connectivity index (χ0n) is 13.1. The summed E-state index contributed by atoms with van der Waals surface area (Å²) in [6, 6.07) is 7.83. The fraction of sp³-hybridized carbons (Fsp3) is 0.471. The van der Waals surface area contributed by atoms with Crippen LogP contribution in [0.25, 0.3) is 4.91 Å². The Morgan fingerprint density at radius 1 is 1.05 bits per heavy atom. The monoisotopic (exact) mass is 318 g/mol. The van der Waals surface area contributed by atoms with Crippen molar-refractivity contribution in [1.82, 2.24) is 4.72 Å². The average Bonchev–Trinajstić information content (AvgIpc) is 2.71. The molecule has 0 unspecified atom stereocenters.